The maximum atomic E-state index is 11.1. The summed E-state index contributed by atoms with van der Waals surface area (Å²) in [6.45, 7) is 0.0173. The molecule has 0 spiro atoms. The average molecular weight is 352 g/mol. The zero-order chi connectivity index (χ0) is 17.0. The predicted octanol–water partition coefficient (Wildman–Crippen LogP) is 3.92. The number of hydrogen-bond acceptors (Lipinski definition) is 5. The molecule has 0 amide bonds. The van der Waals surface area contributed by atoms with Crippen LogP contribution in [0, 0.1) is 21.4 Å². The molecular weight excluding hydrogens is 341 g/mol. The SMILES string of the molecule is N#Cc1ccc(NCC(O)c2cc(Cl)cc(Cl)c2)c([N+](=O)[O-])c1. The van der Waals surface area contributed by atoms with Gasteiger partial charge in [-0.2, -0.15) is 5.26 Å². The summed E-state index contributed by atoms with van der Waals surface area (Å²) in [5, 5.41) is 33.6. The van der Waals surface area contributed by atoms with Gasteiger partial charge in [0, 0.05) is 22.7 Å². The fraction of sp³-hybridized carbons (Fsp3) is 0.133. The molecule has 0 aliphatic heterocycles. The molecular formula is C15H11Cl2N3O3. The number of aliphatic hydroxyl groups excluding tert-OH is 1. The third-order valence-electron chi connectivity index (χ3n) is 3.08. The van der Waals surface area contributed by atoms with Crippen molar-refractivity contribution in [2.75, 3.05) is 11.9 Å². The topological polar surface area (TPSA) is 99.2 Å². The molecule has 0 bridgehead atoms. The number of aliphatic hydroxyl groups is 1. The third-order valence-corrected chi connectivity index (χ3v) is 3.52. The van der Waals surface area contributed by atoms with E-state index in [0.29, 0.717) is 15.6 Å². The van der Waals surface area contributed by atoms with E-state index in [-0.39, 0.29) is 23.5 Å². The highest BCUT2D eigenvalue weighted by Crippen LogP contribution is 2.27. The van der Waals surface area contributed by atoms with Crippen molar-refractivity contribution in [1.82, 2.24) is 0 Å². The summed E-state index contributed by atoms with van der Waals surface area (Å²) in [5.74, 6) is 0. The molecule has 0 aliphatic rings. The van der Waals surface area contributed by atoms with Crippen LogP contribution in [0.4, 0.5) is 11.4 Å². The number of rotatable bonds is 5. The van der Waals surface area contributed by atoms with E-state index in [4.69, 9.17) is 28.5 Å². The number of halogens is 2. The summed E-state index contributed by atoms with van der Waals surface area (Å²) in [6.07, 6.45) is -0.957. The Kier molecular flexibility index (Phi) is 5.40. The van der Waals surface area contributed by atoms with Crippen molar-refractivity contribution in [1.29, 1.82) is 5.26 Å². The highest BCUT2D eigenvalue weighted by molar-refractivity contribution is 6.34. The molecule has 0 saturated heterocycles. The second kappa shape index (κ2) is 7.29. The lowest BCUT2D eigenvalue weighted by Gasteiger charge is -2.14. The minimum atomic E-state index is -0.957. The second-order valence-electron chi connectivity index (χ2n) is 4.70. The summed E-state index contributed by atoms with van der Waals surface area (Å²) in [7, 11) is 0. The fourth-order valence-corrected chi connectivity index (χ4v) is 2.54. The summed E-state index contributed by atoms with van der Waals surface area (Å²) >= 11 is 11.8. The van der Waals surface area contributed by atoms with Crippen LogP contribution in [0.2, 0.25) is 10.0 Å². The molecule has 6 nitrogen and oxygen atoms in total. The van der Waals surface area contributed by atoms with Crippen LogP contribution < -0.4 is 5.32 Å². The first kappa shape index (κ1) is 17.0. The van der Waals surface area contributed by atoms with Gasteiger partial charge in [-0.15, -0.1) is 0 Å². The van der Waals surface area contributed by atoms with E-state index in [1.54, 1.807) is 12.1 Å². The van der Waals surface area contributed by atoms with Gasteiger partial charge < -0.3 is 10.4 Å². The Labute approximate surface area is 142 Å². The molecule has 0 aliphatic carbocycles. The zero-order valence-corrected chi connectivity index (χ0v) is 13.2. The monoisotopic (exact) mass is 351 g/mol. The van der Waals surface area contributed by atoms with Gasteiger partial charge in [0.1, 0.15) is 5.69 Å². The zero-order valence-electron chi connectivity index (χ0n) is 11.7. The van der Waals surface area contributed by atoms with Crippen molar-refractivity contribution in [3.05, 3.63) is 67.7 Å². The molecule has 2 rings (SSSR count). The summed E-state index contributed by atoms with van der Waals surface area (Å²) in [5.41, 5.74) is 0.650. The van der Waals surface area contributed by atoms with Gasteiger partial charge in [0.2, 0.25) is 0 Å². The van der Waals surface area contributed by atoms with E-state index in [9.17, 15) is 15.2 Å². The first-order valence-corrected chi connectivity index (χ1v) is 7.23. The first-order chi connectivity index (χ1) is 10.9. The van der Waals surface area contributed by atoms with Crippen molar-refractivity contribution in [3.63, 3.8) is 0 Å². The molecule has 0 radical (unpaired) electrons. The Morgan fingerprint density at radius 2 is 1.91 bits per heavy atom. The lowest BCUT2D eigenvalue weighted by molar-refractivity contribution is -0.384. The van der Waals surface area contributed by atoms with Gasteiger partial charge in [-0.1, -0.05) is 23.2 Å². The molecule has 23 heavy (non-hydrogen) atoms. The number of nitriles is 1. The second-order valence-corrected chi connectivity index (χ2v) is 5.57. The molecule has 118 valence electrons. The van der Waals surface area contributed by atoms with Gasteiger partial charge in [-0.25, -0.2) is 0 Å². The number of benzene rings is 2. The maximum Gasteiger partial charge on any atom is 0.293 e. The van der Waals surface area contributed by atoms with Crippen molar-refractivity contribution in [2.24, 2.45) is 0 Å². The van der Waals surface area contributed by atoms with Crippen LogP contribution in [0.15, 0.2) is 36.4 Å². The Bertz CT molecular complexity index is 770. The largest absolute Gasteiger partial charge is 0.387 e. The van der Waals surface area contributed by atoms with Crippen LogP contribution in [0.5, 0.6) is 0 Å². The van der Waals surface area contributed by atoms with Crippen LogP contribution in [-0.2, 0) is 0 Å². The molecule has 2 aromatic rings. The molecule has 0 heterocycles. The molecule has 1 unspecified atom stereocenters. The third kappa shape index (κ3) is 4.33. The normalized spacial score (nSPS) is 11.6. The Morgan fingerprint density at radius 1 is 1.26 bits per heavy atom. The Balaban J connectivity index is 2.17. The number of nitrogens with zero attached hydrogens (tertiary/aromatic N) is 2. The Morgan fingerprint density at radius 3 is 2.48 bits per heavy atom. The van der Waals surface area contributed by atoms with Gasteiger partial charge in [-0.05, 0) is 35.9 Å². The number of nitro groups is 1. The van der Waals surface area contributed by atoms with Gasteiger partial charge in [0.25, 0.3) is 5.69 Å². The van der Waals surface area contributed by atoms with Gasteiger partial charge in [0.05, 0.1) is 22.7 Å². The number of nitrogens with one attached hydrogen (secondary N) is 1. The number of nitro benzene ring substituents is 1. The van der Waals surface area contributed by atoms with E-state index < -0.39 is 11.0 Å². The minimum Gasteiger partial charge on any atom is -0.387 e. The highest BCUT2D eigenvalue weighted by Gasteiger charge is 2.16. The van der Waals surface area contributed by atoms with E-state index in [2.05, 4.69) is 5.32 Å². The van der Waals surface area contributed by atoms with E-state index in [1.165, 1.54) is 24.3 Å². The van der Waals surface area contributed by atoms with Crippen LogP contribution in [-0.4, -0.2) is 16.6 Å². The lowest BCUT2D eigenvalue weighted by Crippen LogP contribution is -2.13. The maximum absolute atomic E-state index is 11.1. The molecule has 0 fully saturated rings. The van der Waals surface area contributed by atoms with E-state index in [1.807, 2.05) is 6.07 Å². The van der Waals surface area contributed by atoms with Gasteiger partial charge in [-0.3, -0.25) is 10.1 Å². The summed E-state index contributed by atoms with van der Waals surface area (Å²) < 4.78 is 0. The van der Waals surface area contributed by atoms with Crippen LogP contribution in [0.3, 0.4) is 0 Å². The average Bonchev–Trinajstić information content (AvgIpc) is 2.51. The van der Waals surface area contributed by atoms with Crippen molar-refractivity contribution < 1.29 is 10.0 Å². The van der Waals surface area contributed by atoms with Gasteiger partial charge >= 0.3 is 0 Å². The molecule has 1 atom stereocenters. The smallest absolute Gasteiger partial charge is 0.293 e. The highest BCUT2D eigenvalue weighted by atomic mass is 35.5. The van der Waals surface area contributed by atoms with Crippen molar-refractivity contribution >= 4 is 34.6 Å². The molecule has 2 aromatic carbocycles. The van der Waals surface area contributed by atoms with Crippen molar-refractivity contribution in [3.8, 4) is 6.07 Å². The van der Waals surface area contributed by atoms with Crippen LogP contribution in [0.1, 0.15) is 17.2 Å². The summed E-state index contributed by atoms with van der Waals surface area (Å²) in [4.78, 5) is 10.5. The summed E-state index contributed by atoms with van der Waals surface area (Å²) in [6, 6.07) is 10.6. The number of anilines is 1. The molecule has 8 heteroatoms. The molecule has 0 saturated carbocycles. The fourth-order valence-electron chi connectivity index (χ4n) is 1.99. The Hall–Kier alpha value is -2.33. The molecule has 0 aromatic heterocycles. The van der Waals surface area contributed by atoms with Crippen molar-refractivity contribution in [2.45, 2.75) is 6.10 Å². The van der Waals surface area contributed by atoms with Crippen LogP contribution in [0.25, 0.3) is 0 Å². The molecule has 2 N–H and O–H groups in total. The standard InChI is InChI=1S/C15H11Cl2N3O3/c16-11-4-10(5-12(17)6-11)15(21)8-19-13-2-1-9(7-18)3-14(13)20(22)23/h1-6,15,19,21H,8H2. The predicted molar refractivity (Wildman–Crippen MR) is 87.7 cm³/mol. The van der Waals surface area contributed by atoms with E-state index in [0.717, 1.165) is 0 Å². The number of hydrogen-bond donors (Lipinski definition) is 2. The quantitative estimate of drug-likeness (QED) is 0.628. The van der Waals surface area contributed by atoms with E-state index >= 15 is 0 Å². The lowest BCUT2D eigenvalue weighted by atomic mass is 10.1. The first-order valence-electron chi connectivity index (χ1n) is 6.47. The van der Waals surface area contributed by atoms with Crippen LogP contribution >= 0.6 is 23.2 Å². The van der Waals surface area contributed by atoms with Gasteiger partial charge in [0.15, 0.2) is 0 Å². The minimum absolute atomic E-state index is 0.0173.